The molecule has 0 aromatic rings. The van der Waals surface area contributed by atoms with Crippen molar-refractivity contribution < 1.29 is 14.3 Å². The van der Waals surface area contributed by atoms with Crippen molar-refractivity contribution in [1.29, 1.82) is 0 Å². The zero-order chi connectivity index (χ0) is 14.7. The molecule has 0 bridgehead atoms. The van der Waals surface area contributed by atoms with Crippen LogP contribution in [0.15, 0.2) is 11.6 Å². The molecule has 0 aliphatic carbocycles. The molecule has 0 rings (SSSR count). The lowest BCUT2D eigenvalue weighted by Crippen LogP contribution is -2.07. The van der Waals surface area contributed by atoms with Crippen molar-refractivity contribution in [3.63, 3.8) is 0 Å². The van der Waals surface area contributed by atoms with Crippen LogP contribution in [0, 0.1) is 5.92 Å². The van der Waals surface area contributed by atoms with Gasteiger partial charge in [0.05, 0.1) is 12.7 Å². The molecule has 3 nitrogen and oxygen atoms in total. The molecular weight excluding hydrogens is 240 g/mol. The fourth-order valence-corrected chi connectivity index (χ4v) is 1.84. The van der Waals surface area contributed by atoms with Crippen LogP contribution in [-0.2, 0) is 14.3 Å². The van der Waals surface area contributed by atoms with Gasteiger partial charge in [0.1, 0.15) is 0 Å². The maximum absolute atomic E-state index is 11.2. The number of allylic oxidation sites excluding steroid dienone is 1. The van der Waals surface area contributed by atoms with Crippen LogP contribution in [-0.4, -0.2) is 25.3 Å². The van der Waals surface area contributed by atoms with Crippen LogP contribution in [0.25, 0.3) is 0 Å². The number of hydrogen-bond acceptors (Lipinski definition) is 3. The van der Waals surface area contributed by atoms with E-state index >= 15 is 0 Å². The SMILES string of the molecule is CCOC(=O)C=C(C)CCCC(C)CCOC(C)C. The van der Waals surface area contributed by atoms with E-state index in [2.05, 4.69) is 20.8 Å². The summed E-state index contributed by atoms with van der Waals surface area (Å²) in [5.41, 5.74) is 1.10. The van der Waals surface area contributed by atoms with Gasteiger partial charge in [0.25, 0.3) is 0 Å². The van der Waals surface area contributed by atoms with E-state index in [9.17, 15) is 4.79 Å². The Hall–Kier alpha value is -0.830. The van der Waals surface area contributed by atoms with Gasteiger partial charge in [-0.25, -0.2) is 4.79 Å². The van der Waals surface area contributed by atoms with Crippen LogP contribution < -0.4 is 0 Å². The van der Waals surface area contributed by atoms with Gasteiger partial charge in [-0.1, -0.05) is 18.9 Å². The highest BCUT2D eigenvalue weighted by atomic mass is 16.5. The van der Waals surface area contributed by atoms with E-state index in [0.717, 1.165) is 31.4 Å². The van der Waals surface area contributed by atoms with Gasteiger partial charge in [0.15, 0.2) is 0 Å². The summed E-state index contributed by atoms with van der Waals surface area (Å²) in [6.45, 7) is 11.5. The minimum absolute atomic E-state index is 0.224. The zero-order valence-corrected chi connectivity index (χ0v) is 13.2. The summed E-state index contributed by atoms with van der Waals surface area (Å²) in [4.78, 5) is 11.2. The maximum atomic E-state index is 11.2. The summed E-state index contributed by atoms with van der Waals surface area (Å²) in [7, 11) is 0. The Bertz CT molecular complexity index is 269. The monoisotopic (exact) mass is 270 g/mol. The third-order valence-corrected chi connectivity index (χ3v) is 2.98. The van der Waals surface area contributed by atoms with Crippen molar-refractivity contribution in [2.45, 2.75) is 66.4 Å². The summed E-state index contributed by atoms with van der Waals surface area (Å²) in [5, 5.41) is 0. The molecular formula is C16H30O3. The fourth-order valence-electron chi connectivity index (χ4n) is 1.84. The molecule has 0 aromatic carbocycles. The fraction of sp³-hybridized carbons (Fsp3) is 0.812. The maximum Gasteiger partial charge on any atom is 0.330 e. The Morgan fingerprint density at radius 1 is 1.21 bits per heavy atom. The summed E-state index contributed by atoms with van der Waals surface area (Å²) in [5.74, 6) is 0.451. The number of carbonyl (C=O) groups is 1. The van der Waals surface area contributed by atoms with Gasteiger partial charge in [0.2, 0.25) is 0 Å². The molecule has 0 saturated carbocycles. The highest BCUT2D eigenvalue weighted by Crippen LogP contribution is 2.15. The van der Waals surface area contributed by atoms with E-state index in [0.29, 0.717) is 18.6 Å². The van der Waals surface area contributed by atoms with E-state index in [1.54, 1.807) is 6.08 Å². The third kappa shape index (κ3) is 12.0. The smallest absolute Gasteiger partial charge is 0.330 e. The second-order valence-electron chi connectivity index (χ2n) is 5.45. The van der Waals surface area contributed by atoms with Gasteiger partial charge < -0.3 is 9.47 Å². The number of ether oxygens (including phenoxy) is 2. The van der Waals surface area contributed by atoms with Gasteiger partial charge in [0, 0.05) is 12.7 Å². The van der Waals surface area contributed by atoms with Crippen LogP contribution in [0.2, 0.25) is 0 Å². The molecule has 0 heterocycles. The lowest BCUT2D eigenvalue weighted by molar-refractivity contribution is -0.137. The Labute approximate surface area is 118 Å². The predicted molar refractivity (Wildman–Crippen MR) is 79.1 cm³/mol. The Kier molecular flexibility index (Phi) is 10.6. The van der Waals surface area contributed by atoms with Gasteiger partial charge in [-0.05, 0) is 52.9 Å². The van der Waals surface area contributed by atoms with Crippen molar-refractivity contribution in [2.24, 2.45) is 5.92 Å². The van der Waals surface area contributed by atoms with Crippen LogP contribution in [0.4, 0.5) is 0 Å². The van der Waals surface area contributed by atoms with E-state index in [4.69, 9.17) is 9.47 Å². The van der Waals surface area contributed by atoms with Gasteiger partial charge >= 0.3 is 5.97 Å². The quantitative estimate of drug-likeness (QED) is 0.442. The van der Waals surface area contributed by atoms with Crippen molar-refractivity contribution in [1.82, 2.24) is 0 Å². The average molecular weight is 270 g/mol. The molecule has 0 amide bonds. The Morgan fingerprint density at radius 2 is 1.89 bits per heavy atom. The standard InChI is InChI=1S/C16H30O3/c1-6-18-16(17)12-15(5)9-7-8-14(4)10-11-19-13(2)3/h12-14H,6-11H2,1-5H3. The zero-order valence-electron chi connectivity index (χ0n) is 13.2. The molecule has 1 atom stereocenters. The van der Waals surface area contributed by atoms with Crippen LogP contribution in [0.3, 0.4) is 0 Å². The van der Waals surface area contributed by atoms with E-state index in [1.807, 2.05) is 13.8 Å². The molecule has 19 heavy (non-hydrogen) atoms. The molecule has 112 valence electrons. The van der Waals surface area contributed by atoms with Crippen LogP contribution >= 0.6 is 0 Å². The molecule has 0 aliphatic heterocycles. The van der Waals surface area contributed by atoms with Crippen molar-refractivity contribution in [3.05, 3.63) is 11.6 Å². The molecule has 0 saturated heterocycles. The molecule has 3 heteroatoms. The van der Waals surface area contributed by atoms with Gasteiger partial charge in [-0.2, -0.15) is 0 Å². The number of rotatable bonds is 10. The highest BCUT2D eigenvalue weighted by molar-refractivity contribution is 5.82. The summed E-state index contributed by atoms with van der Waals surface area (Å²) in [6, 6.07) is 0. The lowest BCUT2D eigenvalue weighted by atomic mass is 9.99. The summed E-state index contributed by atoms with van der Waals surface area (Å²) < 4.78 is 10.4. The topological polar surface area (TPSA) is 35.5 Å². The van der Waals surface area contributed by atoms with E-state index in [-0.39, 0.29) is 5.97 Å². The molecule has 0 spiro atoms. The van der Waals surface area contributed by atoms with Crippen molar-refractivity contribution >= 4 is 5.97 Å². The molecule has 1 unspecified atom stereocenters. The third-order valence-electron chi connectivity index (χ3n) is 2.98. The number of hydrogen-bond donors (Lipinski definition) is 0. The van der Waals surface area contributed by atoms with Gasteiger partial charge in [-0.3, -0.25) is 0 Å². The first-order valence-electron chi connectivity index (χ1n) is 7.41. The first-order chi connectivity index (χ1) is 8.95. The average Bonchev–Trinajstić information content (AvgIpc) is 2.28. The van der Waals surface area contributed by atoms with E-state index in [1.165, 1.54) is 6.42 Å². The molecule has 0 aromatic heterocycles. The Morgan fingerprint density at radius 3 is 2.47 bits per heavy atom. The minimum Gasteiger partial charge on any atom is -0.463 e. The molecule has 0 fully saturated rings. The lowest BCUT2D eigenvalue weighted by Gasteiger charge is -2.13. The first-order valence-corrected chi connectivity index (χ1v) is 7.41. The van der Waals surface area contributed by atoms with Crippen LogP contribution in [0.5, 0.6) is 0 Å². The number of esters is 1. The largest absolute Gasteiger partial charge is 0.463 e. The van der Waals surface area contributed by atoms with Crippen LogP contribution in [0.1, 0.15) is 60.3 Å². The Balaban J connectivity index is 3.68. The molecule has 0 N–H and O–H groups in total. The normalized spacial score (nSPS) is 13.7. The summed E-state index contributed by atoms with van der Waals surface area (Å²) >= 11 is 0. The second kappa shape index (κ2) is 11.0. The van der Waals surface area contributed by atoms with Crippen molar-refractivity contribution in [3.8, 4) is 0 Å². The minimum atomic E-state index is -0.224. The molecule has 0 radical (unpaired) electrons. The highest BCUT2D eigenvalue weighted by Gasteiger charge is 2.04. The molecule has 0 aliphatic rings. The van der Waals surface area contributed by atoms with Crippen molar-refractivity contribution in [2.75, 3.05) is 13.2 Å². The summed E-state index contributed by atoms with van der Waals surface area (Å²) in [6.07, 6.45) is 6.30. The second-order valence-corrected chi connectivity index (χ2v) is 5.45. The first kappa shape index (κ1) is 18.2. The predicted octanol–water partition coefficient (Wildman–Crippen LogP) is 4.12. The number of carbonyl (C=O) groups excluding carboxylic acids is 1. The van der Waals surface area contributed by atoms with Gasteiger partial charge in [-0.15, -0.1) is 0 Å². The van der Waals surface area contributed by atoms with E-state index < -0.39 is 0 Å².